The van der Waals surface area contributed by atoms with Crippen molar-refractivity contribution in [3.8, 4) is 0 Å². The zero-order chi connectivity index (χ0) is 19.8. The minimum atomic E-state index is -0.191. The van der Waals surface area contributed by atoms with E-state index in [-0.39, 0.29) is 17.1 Å². The van der Waals surface area contributed by atoms with Crippen molar-refractivity contribution in [1.82, 2.24) is 15.0 Å². The van der Waals surface area contributed by atoms with Gasteiger partial charge in [0.2, 0.25) is 5.76 Å². The molecule has 1 spiro atoms. The van der Waals surface area contributed by atoms with E-state index in [0.29, 0.717) is 5.76 Å². The third-order valence-corrected chi connectivity index (χ3v) is 6.94. The van der Waals surface area contributed by atoms with E-state index in [2.05, 4.69) is 10.1 Å². The highest BCUT2D eigenvalue weighted by Crippen LogP contribution is 2.40. The molecule has 1 aliphatic carbocycles. The number of fused-ring (bicyclic) bond motifs is 1. The third kappa shape index (κ3) is 3.70. The molecule has 3 aliphatic rings. The largest absolute Gasteiger partial charge is 0.350 e. The molecule has 0 radical (unpaired) electrons. The van der Waals surface area contributed by atoms with Gasteiger partial charge in [0, 0.05) is 37.2 Å². The predicted molar refractivity (Wildman–Crippen MR) is 107 cm³/mol. The van der Waals surface area contributed by atoms with E-state index in [9.17, 15) is 9.18 Å². The number of piperidine rings is 1. The Balaban J connectivity index is 1.26. The molecule has 2 saturated heterocycles. The fraction of sp³-hybridized carbons (Fsp3) is 0.565. The van der Waals surface area contributed by atoms with Crippen molar-refractivity contribution < 1.29 is 13.7 Å². The zero-order valence-corrected chi connectivity index (χ0v) is 16.8. The molecule has 3 heterocycles. The highest BCUT2D eigenvalue weighted by Gasteiger charge is 2.44. The van der Waals surface area contributed by atoms with Crippen molar-refractivity contribution in [2.24, 2.45) is 5.41 Å². The predicted octanol–water partition coefficient (Wildman–Crippen LogP) is 3.82. The van der Waals surface area contributed by atoms with Crippen LogP contribution < -0.4 is 0 Å². The Morgan fingerprint density at radius 3 is 2.76 bits per heavy atom. The molecule has 2 fully saturated rings. The molecule has 5 rings (SSSR count). The summed E-state index contributed by atoms with van der Waals surface area (Å²) < 4.78 is 18.7. The number of likely N-dealkylation sites (tertiary alicyclic amines) is 2. The lowest BCUT2D eigenvalue weighted by Gasteiger charge is -2.40. The van der Waals surface area contributed by atoms with Crippen molar-refractivity contribution >= 4 is 5.91 Å². The minimum absolute atomic E-state index is 0.0215. The number of benzene rings is 1. The molecular formula is C23H28FN3O2. The van der Waals surface area contributed by atoms with Gasteiger partial charge in [-0.25, -0.2) is 4.39 Å². The standard InChI is InChI=1S/C23H28FN3O2/c24-18-8-6-17(7-9-18)14-26-12-3-10-23(15-26)11-13-27(16-23)22(28)21-19-4-1-2-5-20(19)25-29-21/h6-9H,1-5,10-16H2. The highest BCUT2D eigenvalue weighted by molar-refractivity contribution is 5.93. The maximum Gasteiger partial charge on any atom is 0.292 e. The van der Waals surface area contributed by atoms with Crippen molar-refractivity contribution in [3.63, 3.8) is 0 Å². The molecule has 1 atom stereocenters. The topological polar surface area (TPSA) is 49.6 Å². The molecule has 1 amide bonds. The molecule has 6 heteroatoms. The van der Waals surface area contributed by atoms with Crippen LogP contribution >= 0.6 is 0 Å². The van der Waals surface area contributed by atoms with Crippen LogP contribution in [-0.2, 0) is 19.4 Å². The van der Waals surface area contributed by atoms with Crippen molar-refractivity contribution in [2.75, 3.05) is 26.2 Å². The van der Waals surface area contributed by atoms with Crippen LogP contribution in [0.3, 0.4) is 0 Å². The first-order valence-electron chi connectivity index (χ1n) is 10.9. The van der Waals surface area contributed by atoms with Crippen LogP contribution in [-0.4, -0.2) is 47.0 Å². The number of carbonyl (C=O) groups excluding carboxylic acids is 1. The van der Waals surface area contributed by atoms with Gasteiger partial charge in [-0.15, -0.1) is 0 Å². The molecule has 5 nitrogen and oxygen atoms in total. The summed E-state index contributed by atoms with van der Waals surface area (Å²) in [6.07, 6.45) is 7.40. The molecule has 1 aromatic carbocycles. The molecule has 0 bridgehead atoms. The van der Waals surface area contributed by atoms with Gasteiger partial charge in [0.1, 0.15) is 5.82 Å². The van der Waals surface area contributed by atoms with Crippen LogP contribution in [0.25, 0.3) is 0 Å². The Morgan fingerprint density at radius 1 is 1.07 bits per heavy atom. The van der Waals surface area contributed by atoms with E-state index in [1.807, 2.05) is 17.0 Å². The van der Waals surface area contributed by atoms with Crippen LogP contribution in [0.15, 0.2) is 28.8 Å². The average Bonchev–Trinajstić information content (AvgIpc) is 3.34. The van der Waals surface area contributed by atoms with Crippen LogP contribution in [0.4, 0.5) is 4.39 Å². The van der Waals surface area contributed by atoms with Gasteiger partial charge in [0.15, 0.2) is 0 Å². The number of aryl methyl sites for hydroxylation is 1. The van der Waals surface area contributed by atoms with Gasteiger partial charge >= 0.3 is 0 Å². The average molecular weight is 397 g/mol. The van der Waals surface area contributed by atoms with Gasteiger partial charge in [0.05, 0.1) is 5.69 Å². The maximum atomic E-state index is 13.2. The Bertz CT molecular complexity index is 894. The summed E-state index contributed by atoms with van der Waals surface area (Å²) in [5, 5.41) is 4.16. The normalized spacial score (nSPS) is 24.8. The van der Waals surface area contributed by atoms with Crippen LogP contribution in [0.2, 0.25) is 0 Å². The number of hydrogen-bond acceptors (Lipinski definition) is 4. The first-order chi connectivity index (χ1) is 14.1. The molecule has 154 valence electrons. The monoisotopic (exact) mass is 397 g/mol. The number of aromatic nitrogens is 1. The lowest BCUT2D eigenvalue weighted by molar-refractivity contribution is 0.0642. The maximum absolute atomic E-state index is 13.2. The van der Waals surface area contributed by atoms with Gasteiger partial charge in [-0.1, -0.05) is 17.3 Å². The van der Waals surface area contributed by atoms with Crippen LogP contribution in [0, 0.1) is 11.2 Å². The summed E-state index contributed by atoms with van der Waals surface area (Å²) >= 11 is 0. The molecule has 2 aromatic rings. The number of carbonyl (C=O) groups is 1. The number of halogens is 1. The summed E-state index contributed by atoms with van der Waals surface area (Å²) in [7, 11) is 0. The van der Waals surface area contributed by atoms with E-state index in [4.69, 9.17) is 4.52 Å². The minimum Gasteiger partial charge on any atom is -0.350 e. The first-order valence-corrected chi connectivity index (χ1v) is 10.9. The summed E-state index contributed by atoms with van der Waals surface area (Å²) in [6.45, 7) is 4.47. The molecule has 0 N–H and O–H groups in total. The van der Waals surface area contributed by atoms with E-state index >= 15 is 0 Å². The second-order valence-corrected chi connectivity index (χ2v) is 9.06. The lowest BCUT2D eigenvalue weighted by atomic mass is 9.79. The fourth-order valence-electron chi connectivity index (χ4n) is 5.44. The molecule has 29 heavy (non-hydrogen) atoms. The van der Waals surface area contributed by atoms with Gasteiger partial charge in [0.25, 0.3) is 5.91 Å². The smallest absolute Gasteiger partial charge is 0.292 e. The van der Waals surface area contributed by atoms with Gasteiger partial charge in [-0.05, 0) is 69.2 Å². The Labute approximate surface area is 170 Å². The van der Waals surface area contributed by atoms with E-state index in [1.54, 1.807) is 0 Å². The Morgan fingerprint density at radius 2 is 1.90 bits per heavy atom. The molecular weight excluding hydrogens is 369 g/mol. The number of rotatable bonds is 3. The summed E-state index contributed by atoms with van der Waals surface area (Å²) in [6, 6.07) is 6.80. The molecule has 1 aromatic heterocycles. The highest BCUT2D eigenvalue weighted by atomic mass is 19.1. The zero-order valence-electron chi connectivity index (χ0n) is 16.8. The number of hydrogen-bond donors (Lipinski definition) is 0. The Kier molecular flexibility index (Phi) is 4.90. The molecule has 0 saturated carbocycles. The third-order valence-electron chi connectivity index (χ3n) is 6.94. The van der Waals surface area contributed by atoms with Gasteiger partial charge in [-0.3, -0.25) is 9.69 Å². The summed E-state index contributed by atoms with van der Waals surface area (Å²) in [5.41, 5.74) is 3.33. The van der Waals surface area contributed by atoms with Crippen molar-refractivity contribution in [2.45, 2.75) is 51.5 Å². The van der Waals surface area contributed by atoms with E-state index < -0.39 is 0 Å². The molecule has 2 aliphatic heterocycles. The second kappa shape index (κ2) is 7.56. The van der Waals surface area contributed by atoms with Crippen molar-refractivity contribution in [1.29, 1.82) is 0 Å². The summed E-state index contributed by atoms with van der Waals surface area (Å²) in [4.78, 5) is 17.6. The van der Waals surface area contributed by atoms with Crippen LogP contribution in [0.5, 0.6) is 0 Å². The van der Waals surface area contributed by atoms with E-state index in [0.717, 1.165) is 94.5 Å². The molecule has 1 unspecified atom stereocenters. The number of amides is 1. The van der Waals surface area contributed by atoms with Gasteiger partial charge in [-0.2, -0.15) is 0 Å². The van der Waals surface area contributed by atoms with E-state index in [1.165, 1.54) is 12.1 Å². The lowest BCUT2D eigenvalue weighted by Crippen LogP contribution is -2.45. The second-order valence-electron chi connectivity index (χ2n) is 9.06. The Hall–Kier alpha value is -2.21. The first kappa shape index (κ1) is 18.8. The van der Waals surface area contributed by atoms with Gasteiger partial charge < -0.3 is 9.42 Å². The fourth-order valence-corrected chi connectivity index (χ4v) is 5.44. The summed E-state index contributed by atoms with van der Waals surface area (Å²) in [5.74, 6) is 0.312. The quantitative estimate of drug-likeness (QED) is 0.790. The number of nitrogens with zero attached hydrogens (tertiary/aromatic N) is 3. The SMILES string of the molecule is O=C(c1onc2c1CCCC2)N1CCC2(CCCN(Cc3ccc(F)cc3)C2)C1. The van der Waals surface area contributed by atoms with Crippen LogP contribution in [0.1, 0.15) is 59.5 Å². The van der Waals surface area contributed by atoms with Crippen molar-refractivity contribution in [3.05, 3.63) is 52.7 Å².